The molecule has 0 unspecified atom stereocenters. The van der Waals surface area contributed by atoms with E-state index in [2.05, 4.69) is 20.6 Å². The van der Waals surface area contributed by atoms with Crippen molar-refractivity contribution in [2.75, 3.05) is 0 Å². The standard InChI is InChI=1S/C26H36N6O2/c1-19(2)25(33)9-5-7-15-31-17-23(27-29-31)21-11-13-22(14-12-21)24-18-32(30-28-24)16-8-6-10-26(34)20(3)4/h11-14,17-20H,5-10,15-16H2,1-4H3. The zero-order valence-electron chi connectivity index (χ0n) is 20.8. The minimum atomic E-state index is 0.108. The fraction of sp³-hybridized carbons (Fsp3) is 0.538. The Bertz CT molecular complexity index is 980. The summed E-state index contributed by atoms with van der Waals surface area (Å²) in [7, 11) is 0. The van der Waals surface area contributed by atoms with Crippen LogP contribution in [0.2, 0.25) is 0 Å². The molecule has 8 nitrogen and oxygen atoms in total. The molecule has 3 rings (SSSR count). The SMILES string of the molecule is CC(C)C(=O)CCCCn1cc(-c2ccc(-c3cn(CCCCC(=O)C(C)C)nn3)cc2)nn1. The van der Waals surface area contributed by atoms with Crippen molar-refractivity contribution in [3.05, 3.63) is 36.7 Å². The molecule has 182 valence electrons. The van der Waals surface area contributed by atoms with E-state index in [1.807, 2.05) is 73.7 Å². The lowest BCUT2D eigenvalue weighted by molar-refractivity contribution is -0.122. The molecule has 0 amide bonds. The van der Waals surface area contributed by atoms with Crippen LogP contribution < -0.4 is 0 Å². The molecular weight excluding hydrogens is 428 g/mol. The number of nitrogens with zero attached hydrogens (tertiary/aromatic N) is 6. The molecule has 2 aromatic heterocycles. The predicted molar refractivity (Wildman–Crippen MR) is 132 cm³/mol. The molecule has 0 fully saturated rings. The molecule has 0 radical (unpaired) electrons. The van der Waals surface area contributed by atoms with E-state index < -0.39 is 0 Å². The van der Waals surface area contributed by atoms with Crippen molar-refractivity contribution >= 4 is 11.6 Å². The zero-order valence-corrected chi connectivity index (χ0v) is 20.8. The van der Waals surface area contributed by atoms with Crippen molar-refractivity contribution in [3.63, 3.8) is 0 Å². The molecule has 1 aromatic carbocycles. The van der Waals surface area contributed by atoms with Crippen LogP contribution in [-0.4, -0.2) is 41.6 Å². The monoisotopic (exact) mass is 464 g/mol. The second-order valence-corrected chi connectivity index (χ2v) is 9.47. The van der Waals surface area contributed by atoms with Gasteiger partial charge in [-0.3, -0.25) is 19.0 Å². The molecule has 0 aliphatic rings. The molecule has 0 saturated heterocycles. The van der Waals surface area contributed by atoms with Crippen LogP contribution in [0.25, 0.3) is 22.5 Å². The van der Waals surface area contributed by atoms with Gasteiger partial charge in [-0.2, -0.15) is 0 Å². The summed E-state index contributed by atoms with van der Waals surface area (Å²) in [4.78, 5) is 23.4. The van der Waals surface area contributed by atoms with E-state index in [1.54, 1.807) is 0 Å². The van der Waals surface area contributed by atoms with Crippen LogP contribution in [0.3, 0.4) is 0 Å². The highest BCUT2D eigenvalue weighted by atomic mass is 16.1. The van der Waals surface area contributed by atoms with Gasteiger partial charge in [-0.1, -0.05) is 62.4 Å². The third-order valence-electron chi connectivity index (χ3n) is 5.96. The van der Waals surface area contributed by atoms with Gasteiger partial charge in [-0.15, -0.1) is 10.2 Å². The number of hydrogen-bond donors (Lipinski definition) is 0. The number of ketones is 2. The Kier molecular flexibility index (Phi) is 9.24. The van der Waals surface area contributed by atoms with Crippen LogP contribution in [0.5, 0.6) is 0 Å². The summed E-state index contributed by atoms with van der Waals surface area (Å²) in [5.74, 6) is 0.851. The normalized spacial score (nSPS) is 11.5. The van der Waals surface area contributed by atoms with Gasteiger partial charge in [0.05, 0.1) is 12.4 Å². The Morgan fingerprint density at radius 2 is 1.06 bits per heavy atom. The molecule has 0 aliphatic carbocycles. The number of aryl methyl sites for hydroxylation is 2. The van der Waals surface area contributed by atoms with Crippen molar-refractivity contribution in [2.24, 2.45) is 11.8 Å². The molecule has 3 aromatic rings. The number of carbonyl (C=O) groups is 2. The van der Waals surface area contributed by atoms with E-state index >= 15 is 0 Å². The summed E-state index contributed by atoms with van der Waals surface area (Å²) in [5.41, 5.74) is 3.63. The first-order valence-electron chi connectivity index (χ1n) is 12.3. The Balaban J connectivity index is 1.48. The number of rotatable bonds is 14. The third-order valence-corrected chi connectivity index (χ3v) is 5.96. The summed E-state index contributed by atoms with van der Waals surface area (Å²) in [6, 6.07) is 8.06. The molecule has 0 saturated carbocycles. The van der Waals surface area contributed by atoms with E-state index in [-0.39, 0.29) is 11.8 Å². The highest BCUT2D eigenvalue weighted by Gasteiger charge is 2.10. The average Bonchev–Trinajstić information content (AvgIpc) is 3.49. The summed E-state index contributed by atoms with van der Waals surface area (Å²) in [5, 5.41) is 17.0. The van der Waals surface area contributed by atoms with Crippen molar-refractivity contribution < 1.29 is 9.59 Å². The lowest BCUT2D eigenvalue weighted by atomic mass is 10.0. The number of hydrogen-bond acceptors (Lipinski definition) is 6. The van der Waals surface area contributed by atoms with Crippen LogP contribution in [0.15, 0.2) is 36.7 Å². The van der Waals surface area contributed by atoms with Gasteiger partial charge in [-0.25, -0.2) is 0 Å². The largest absolute Gasteiger partial charge is 0.299 e. The van der Waals surface area contributed by atoms with E-state index in [0.29, 0.717) is 24.4 Å². The summed E-state index contributed by atoms with van der Waals surface area (Å²) >= 11 is 0. The Morgan fingerprint density at radius 1 is 0.676 bits per heavy atom. The molecule has 0 spiro atoms. The minimum Gasteiger partial charge on any atom is -0.299 e. The second kappa shape index (κ2) is 12.3. The van der Waals surface area contributed by atoms with E-state index in [9.17, 15) is 9.59 Å². The fourth-order valence-electron chi connectivity index (χ4n) is 3.62. The van der Waals surface area contributed by atoms with Crippen molar-refractivity contribution in [2.45, 2.75) is 79.3 Å². The maximum atomic E-state index is 11.7. The summed E-state index contributed by atoms with van der Waals surface area (Å²) in [6.45, 7) is 9.29. The first-order valence-corrected chi connectivity index (χ1v) is 12.3. The Hall–Kier alpha value is -3.16. The molecule has 0 aliphatic heterocycles. The number of unbranched alkanes of at least 4 members (excludes halogenated alkanes) is 2. The first-order chi connectivity index (χ1) is 16.3. The van der Waals surface area contributed by atoms with Gasteiger partial charge in [0.25, 0.3) is 0 Å². The summed E-state index contributed by atoms with van der Waals surface area (Å²) < 4.78 is 3.67. The number of aromatic nitrogens is 6. The van der Waals surface area contributed by atoms with Crippen LogP contribution in [-0.2, 0) is 22.7 Å². The average molecular weight is 465 g/mol. The lowest BCUT2D eigenvalue weighted by Gasteiger charge is -2.03. The van der Waals surface area contributed by atoms with Gasteiger partial charge >= 0.3 is 0 Å². The molecule has 0 N–H and O–H groups in total. The maximum Gasteiger partial charge on any atom is 0.135 e. The first kappa shape index (κ1) is 25.5. The highest BCUT2D eigenvalue weighted by Crippen LogP contribution is 2.22. The Labute approximate surface area is 201 Å². The smallest absolute Gasteiger partial charge is 0.135 e. The van der Waals surface area contributed by atoms with Gasteiger partial charge in [0.1, 0.15) is 23.0 Å². The molecule has 34 heavy (non-hydrogen) atoms. The predicted octanol–water partition coefficient (Wildman–Crippen LogP) is 4.99. The molecular formula is C26H36N6O2. The quantitative estimate of drug-likeness (QED) is 0.312. The van der Waals surface area contributed by atoms with Gasteiger partial charge in [-0.05, 0) is 25.7 Å². The maximum absolute atomic E-state index is 11.7. The molecule has 2 heterocycles. The molecule has 8 heteroatoms. The highest BCUT2D eigenvalue weighted by molar-refractivity contribution is 5.80. The lowest BCUT2D eigenvalue weighted by Crippen LogP contribution is -2.07. The van der Waals surface area contributed by atoms with Crippen molar-refractivity contribution in [1.82, 2.24) is 30.0 Å². The van der Waals surface area contributed by atoms with Gasteiger partial charge in [0.2, 0.25) is 0 Å². The number of Topliss-reactive ketones (excluding diaryl/α,β-unsaturated/α-hetero) is 2. The van der Waals surface area contributed by atoms with Crippen LogP contribution in [0.4, 0.5) is 0 Å². The summed E-state index contributed by atoms with van der Waals surface area (Å²) in [6.07, 6.45) is 8.70. The zero-order chi connectivity index (χ0) is 24.5. The van der Waals surface area contributed by atoms with Gasteiger partial charge in [0.15, 0.2) is 0 Å². The Morgan fingerprint density at radius 3 is 1.41 bits per heavy atom. The van der Waals surface area contributed by atoms with Gasteiger partial charge in [0, 0.05) is 48.9 Å². The topological polar surface area (TPSA) is 95.6 Å². The fourth-order valence-corrected chi connectivity index (χ4v) is 3.62. The van der Waals surface area contributed by atoms with Crippen LogP contribution in [0, 0.1) is 11.8 Å². The molecule has 0 atom stereocenters. The van der Waals surface area contributed by atoms with E-state index in [0.717, 1.165) is 61.3 Å². The van der Waals surface area contributed by atoms with Crippen LogP contribution >= 0.6 is 0 Å². The minimum absolute atomic E-state index is 0.108. The van der Waals surface area contributed by atoms with E-state index in [1.165, 1.54) is 0 Å². The second-order valence-electron chi connectivity index (χ2n) is 9.47. The van der Waals surface area contributed by atoms with Crippen molar-refractivity contribution in [3.8, 4) is 22.5 Å². The number of benzene rings is 1. The van der Waals surface area contributed by atoms with Crippen molar-refractivity contribution in [1.29, 1.82) is 0 Å². The molecule has 0 bridgehead atoms. The number of carbonyl (C=O) groups excluding carboxylic acids is 2. The van der Waals surface area contributed by atoms with Gasteiger partial charge < -0.3 is 0 Å². The van der Waals surface area contributed by atoms with E-state index in [4.69, 9.17) is 0 Å². The van der Waals surface area contributed by atoms with Crippen LogP contribution in [0.1, 0.15) is 66.2 Å². The third kappa shape index (κ3) is 7.43.